The number of halogens is 1. The van der Waals surface area contributed by atoms with Crippen LogP contribution in [0.15, 0.2) is 28.6 Å². The smallest absolute Gasteiger partial charge is 0.0609 e. The van der Waals surface area contributed by atoms with Gasteiger partial charge in [-0.1, -0.05) is 13.0 Å². The maximum atomic E-state index is 3.83. The molecule has 1 heterocycles. The Hall–Kier alpha value is -0.120. The van der Waals surface area contributed by atoms with Gasteiger partial charge in [-0.2, -0.15) is 0 Å². The number of rotatable bonds is 5. The lowest BCUT2D eigenvalue weighted by atomic mass is 10.2. The van der Waals surface area contributed by atoms with E-state index in [2.05, 4.69) is 46.2 Å². The fourth-order valence-corrected chi connectivity index (χ4v) is 2.80. The average molecular weight is 260 g/mol. The molecule has 72 valence electrons. The molecule has 0 aliphatic carbocycles. The van der Waals surface area contributed by atoms with Gasteiger partial charge in [-0.05, 0) is 40.3 Å². The molecule has 0 saturated heterocycles. The van der Waals surface area contributed by atoms with Gasteiger partial charge in [0.1, 0.15) is 0 Å². The summed E-state index contributed by atoms with van der Waals surface area (Å²) in [6.45, 7) is 7.03. The summed E-state index contributed by atoms with van der Waals surface area (Å²) in [6.07, 6.45) is 3.10. The third kappa shape index (κ3) is 2.93. The highest BCUT2D eigenvalue weighted by atomic mass is 79.9. The predicted molar refractivity (Wildman–Crippen MR) is 63.3 cm³/mol. The van der Waals surface area contributed by atoms with E-state index < -0.39 is 0 Å². The van der Waals surface area contributed by atoms with Crippen LogP contribution < -0.4 is 5.32 Å². The van der Waals surface area contributed by atoms with Crippen molar-refractivity contribution in [3.05, 3.63) is 33.5 Å². The minimum Gasteiger partial charge on any atom is -0.306 e. The summed E-state index contributed by atoms with van der Waals surface area (Å²) in [5, 5.41) is 5.51. The van der Waals surface area contributed by atoms with Crippen molar-refractivity contribution in [2.45, 2.75) is 19.4 Å². The van der Waals surface area contributed by atoms with Crippen LogP contribution in [0.2, 0.25) is 0 Å². The molecule has 0 aliphatic rings. The lowest BCUT2D eigenvalue weighted by Gasteiger charge is -2.12. The molecule has 1 unspecified atom stereocenters. The second-order valence-electron chi connectivity index (χ2n) is 2.80. The Morgan fingerprint density at radius 3 is 3.00 bits per heavy atom. The molecule has 1 rings (SSSR count). The minimum absolute atomic E-state index is 0.286. The molecule has 1 aromatic heterocycles. The van der Waals surface area contributed by atoms with Gasteiger partial charge in [0.15, 0.2) is 0 Å². The Bertz CT molecular complexity index is 270. The van der Waals surface area contributed by atoms with Gasteiger partial charge in [-0.15, -0.1) is 17.9 Å². The zero-order chi connectivity index (χ0) is 9.68. The van der Waals surface area contributed by atoms with Crippen LogP contribution in [0, 0.1) is 0 Å². The van der Waals surface area contributed by atoms with E-state index >= 15 is 0 Å². The van der Waals surface area contributed by atoms with E-state index in [0.29, 0.717) is 0 Å². The molecule has 0 fully saturated rings. The number of hydrogen-bond acceptors (Lipinski definition) is 2. The summed E-state index contributed by atoms with van der Waals surface area (Å²) in [6, 6.07) is 2.36. The van der Waals surface area contributed by atoms with Crippen molar-refractivity contribution in [1.29, 1.82) is 0 Å². The summed E-state index contributed by atoms with van der Waals surface area (Å²) in [5.74, 6) is 0. The molecule has 1 nitrogen and oxygen atoms in total. The first kappa shape index (κ1) is 11.0. The third-order valence-corrected chi connectivity index (χ3v) is 3.73. The lowest BCUT2D eigenvalue weighted by Crippen LogP contribution is -2.19. The SMILES string of the molecule is C=CC(NCCC)c1sccc1Br. The molecule has 0 aliphatic heterocycles. The zero-order valence-electron chi connectivity index (χ0n) is 7.72. The van der Waals surface area contributed by atoms with E-state index in [-0.39, 0.29) is 6.04 Å². The Morgan fingerprint density at radius 1 is 1.77 bits per heavy atom. The molecular weight excluding hydrogens is 246 g/mol. The summed E-state index contributed by atoms with van der Waals surface area (Å²) in [5.41, 5.74) is 0. The Labute approximate surface area is 92.0 Å². The molecule has 0 saturated carbocycles. The second kappa shape index (κ2) is 5.58. The highest BCUT2D eigenvalue weighted by molar-refractivity contribution is 9.10. The van der Waals surface area contributed by atoms with Crippen LogP contribution in [0.25, 0.3) is 0 Å². The van der Waals surface area contributed by atoms with Crippen molar-refractivity contribution in [2.75, 3.05) is 6.54 Å². The molecule has 13 heavy (non-hydrogen) atoms. The van der Waals surface area contributed by atoms with E-state index in [0.717, 1.165) is 13.0 Å². The van der Waals surface area contributed by atoms with E-state index in [1.807, 2.05) is 6.08 Å². The van der Waals surface area contributed by atoms with Crippen molar-refractivity contribution in [3.8, 4) is 0 Å². The number of thiophene rings is 1. The molecule has 0 bridgehead atoms. The molecule has 1 aromatic rings. The molecule has 1 atom stereocenters. The van der Waals surface area contributed by atoms with E-state index in [9.17, 15) is 0 Å². The normalized spacial score (nSPS) is 12.8. The van der Waals surface area contributed by atoms with Crippen LogP contribution in [0.4, 0.5) is 0 Å². The van der Waals surface area contributed by atoms with E-state index in [4.69, 9.17) is 0 Å². The van der Waals surface area contributed by atoms with Gasteiger partial charge in [0.2, 0.25) is 0 Å². The van der Waals surface area contributed by atoms with Crippen molar-refractivity contribution >= 4 is 27.3 Å². The maximum Gasteiger partial charge on any atom is 0.0609 e. The Kier molecular flexibility index (Phi) is 4.70. The van der Waals surface area contributed by atoms with Crippen LogP contribution in [0.1, 0.15) is 24.3 Å². The zero-order valence-corrected chi connectivity index (χ0v) is 10.1. The monoisotopic (exact) mass is 259 g/mol. The van der Waals surface area contributed by atoms with E-state index in [1.165, 1.54) is 9.35 Å². The van der Waals surface area contributed by atoms with Gasteiger partial charge >= 0.3 is 0 Å². The summed E-state index contributed by atoms with van der Waals surface area (Å²) < 4.78 is 1.17. The van der Waals surface area contributed by atoms with Crippen LogP contribution in [0.3, 0.4) is 0 Å². The van der Waals surface area contributed by atoms with Crippen LogP contribution in [-0.2, 0) is 0 Å². The fourth-order valence-electron chi connectivity index (χ4n) is 1.11. The Balaban J connectivity index is 2.66. The quantitative estimate of drug-likeness (QED) is 0.795. The predicted octanol–water partition coefficient (Wildman–Crippen LogP) is 3.74. The van der Waals surface area contributed by atoms with Crippen molar-refractivity contribution < 1.29 is 0 Å². The largest absolute Gasteiger partial charge is 0.306 e. The Morgan fingerprint density at radius 2 is 2.54 bits per heavy atom. The highest BCUT2D eigenvalue weighted by Gasteiger charge is 2.10. The first-order valence-electron chi connectivity index (χ1n) is 4.38. The molecule has 0 spiro atoms. The standard InChI is InChI=1S/C10H14BrNS/c1-3-6-12-9(4-2)10-8(11)5-7-13-10/h4-5,7,9,12H,2-3,6H2,1H3. The van der Waals surface area contributed by atoms with Crippen LogP contribution in [-0.4, -0.2) is 6.54 Å². The molecule has 3 heteroatoms. The lowest BCUT2D eigenvalue weighted by molar-refractivity contribution is 0.619. The van der Waals surface area contributed by atoms with E-state index in [1.54, 1.807) is 11.3 Å². The van der Waals surface area contributed by atoms with Crippen LogP contribution >= 0.6 is 27.3 Å². The second-order valence-corrected chi connectivity index (χ2v) is 4.60. The van der Waals surface area contributed by atoms with Crippen LogP contribution in [0.5, 0.6) is 0 Å². The van der Waals surface area contributed by atoms with Crippen molar-refractivity contribution in [3.63, 3.8) is 0 Å². The number of nitrogens with one attached hydrogen (secondary N) is 1. The van der Waals surface area contributed by atoms with Gasteiger partial charge in [0.25, 0.3) is 0 Å². The number of hydrogen-bond donors (Lipinski definition) is 1. The molecule has 0 radical (unpaired) electrons. The van der Waals surface area contributed by atoms with Crippen molar-refractivity contribution in [1.82, 2.24) is 5.32 Å². The molecule has 0 amide bonds. The molecule has 1 N–H and O–H groups in total. The molecular formula is C10H14BrNS. The topological polar surface area (TPSA) is 12.0 Å². The van der Waals surface area contributed by atoms with Gasteiger partial charge in [0, 0.05) is 9.35 Å². The average Bonchev–Trinajstić information content (AvgIpc) is 2.54. The highest BCUT2D eigenvalue weighted by Crippen LogP contribution is 2.29. The summed E-state index contributed by atoms with van der Waals surface area (Å²) >= 11 is 5.27. The maximum absolute atomic E-state index is 3.83. The van der Waals surface area contributed by atoms with Gasteiger partial charge < -0.3 is 5.32 Å². The fraction of sp³-hybridized carbons (Fsp3) is 0.400. The first-order chi connectivity index (χ1) is 6.29. The summed E-state index contributed by atoms with van der Waals surface area (Å²) in [7, 11) is 0. The van der Waals surface area contributed by atoms with Crippen molar-refractivity contribution in [2.24, 2.45) is 0 Å². The van der Waals surface area contributed by atoms with Gasteiger partial charge in [-0.3, -0.25) is 0 Å². The van der Waals surface area contributed by atoms with Gasteiger partial charge in [0.05, 0.1) is 6.04 Å². The molecule has 0 aromatic carbocycles. The van der Waals surface area contributed by atoms with Gasteiger partial charge in [-0.25, -0.2) is 0 Å². The first-order valence-corrected chi connectivity index (χ1v) is 6.05. The minimum atomic E-state index is 0.286. The third-order valence-electron chi connectivity index (χ3n) is 1.78. The summed E-state index contributed by atoms with van der Waals surface area (Å²) in [4.78, 5) is 1.31.